The van der Waals surface area contributed by atoms with Crippen molar-refractivity contribution in [1.82, 2.24) is 0 Å². The van der Waals surface area contributed by atoms with E-state index >= 15 is 0 Å². The number of carboxylic acid groups (broad SMARTS) is 1. The van der Waals surface area contributed by atoms with Crippen molar-refractivity contribution in [2.24, 2.45) is 40.4 Å². The van der Waals surface area contributed by atoms with E-state index in [0.717, 1.165) is 20.1 Å². The van der Waals surface area contributed by atoms with Gasteiger partial charge in [0.1, 0.15) is 23.7 Å². The molecular weight excluding hydrogens is 704 g/mol. The summed E-state index contributed by atoms with van der Waals surface area (Å²) in [6.45, 7) is 11.2. The van der Waals surface area contributed by atoms with E-state index in [9.17, 15) is 59.1 Å². The highest BCUT2D eigenvalue weighted by Crippen LogP contribution is 2.68. The first-order valence-corrected chi connectivity index (χ1v) is 17.2. The third-order valence-electron chi connectivity index (χ3n) is 12.3. The maximum absolute atomic E-state index is 14.3. The lowest BCUT2D eigenvalue weighted by Gasteiger charge is -2.61. The molecule has 17 nitrogen and oxygen atoms in total. The number of rotatable bonds is 13. The number of fused-ring (bicyclic) bond motifs is 1. The summed E-state index contributed by atoms with van der Waals surface area (Å²) in [5.74, 6) is -15.5. The lowest BCUT2D eigenvalue weighted by Crippen LogP contribution is -2.71. The van der Waals surface area contributed by atoms with Gasteiger partial charge in [-0.1, -0.05) is 40.7 Å². The molecule has 2 aliphatic heterocycles. The van der Waals surface area contributed by atoms with E-state index in [1.807, 2.05) is 0 Å². The Bertz CT molecular complexity index is 1620. The van der Waals surface area contributed by atoms with Gasteiger partial charge < -0.3 is 49.2 Å². The Balaban J connectivity index is 2.13. The largest absolute Gasteiger partial charge is 0.481 e. The molecule has 5 N–H and O–H groups in total. The number of carbonyl (C=O) groups is 7. The molecule has 2 aliphatic carbocycles. The van der Waals surface area contributed by atoms with Gasteiger partial charge in [0, 0.05) is 42.1 Å². The molecule has 3 fully saturated rings. The van der Waals surface area contributed by atoms with Gasteiger partial charge in [0.25, 0.3) is 0 Å². The third kappa shape index (κ3) is 6.44. The Morgan fingerprint density at radius 3 is 2.26 bits per heavy atom. The summed E-state index contributed by atoms with van der Waals surface area (Å²) >= 11 is 0. The summed E-state index contributed by atoms with van der Waals surface area (Å²) < 4.78 is 26.9. The number of cyclic esters (lactones) is 2. The Morgan fingerprint density at radius 2 is 1.77 bits per heavy atom. The average molecular weight is 753 g/mol. The Kier molecular flexibility index (Phi) is 11.4. The Hall–Kier alpha value is -4.19. The van der Waals surface area contributed by atoms with Crippen LogP contribution in [0.15, 0.2) is 23.8 Å². The zero-order chi connectivity index (χ0) is 40.2. The fraction of sp³-hybridized carbons (Fsp3) is 0.694. The molecule has 53 heavy (non-hydrogen) atoms. The smallest absolute Gasteiger partial charge is 0.336 e. The van der Waals surface area contributed by atoms with Gasteiger partial charge >= 0.3 is 35.8 Å². The number of aliphatic carboxylic acids is 1. The van der Waals surface area contributed by atoms with Gasteiger partial charge in [-0.3, -0.25) is 24.0 Å². The normalized spacial score (nSPS) is 36.6. The van der Waals surface area contributed by atoms with Crippen molar-refractivity contribution in [1.29, 1.82) is 0 Å². The highest BCUT2D eigenvalue weighted by molar-refractivity contribution is 6.00. The summed E-state index contributed by atoms with van der Waals surface area (Å²) in [5, 5.41) is 55.8. The number of ketones is 1. The summed E-state index contributed by atoms with van der Waals surface area (Å²) in [4.78, 5) is 93.6. The SMILES string of the molecule is C=C1C([C@](C)(C2CC(=O)O[C@]2(C)CO)[C@@H](CC(=O)OC)OC(C)=O)[C@@H](C(=O)O)[C@H](OC(=O)C(O)C(C)CC)[C@@]2(C)[C@H](C3=CC(O)OC3=O)CC(=O)[C@]12O. The second-order valence-corrected chi connectivity index (χ2v) is 15.1. The number of hydrogen-bond donors (Lipinski definition) is 5. The van der Waals surface area contributed by atoms with Crippen LogP contribution in [-0.2, 0) is 57.2 Å². The van der Waals surface area contributed by atoms with Crippen molar-refractivity contribution in [3.05, 3.63) is 23.8 Å². The lowest BCUT2D eigenvalue weighted by molar-refractivity contribution is -0.227. The second-order valence-electron chi connectivity index (χ2n) is 15.1. The summed E-state index contributed by atoms with van der Waals surface area (Å²) in [5.41, 5.74) is -9.95. The van der Waals surface area contributed by atoms with Crippen LogP contribution in [0.3, 0.4) is 0 Å². The van der Waals surface area contributed by atoms with Crippen molar-refractivity contribution in [3.8, 4) is 0 Å². The van der Waals surface area contributed by atoms with Crippen molar-refractivity contribution in [3.63, 3.8) is 0 Å². The number of aliphatic hydroxyl groups is 4. The molecule has 0 aromatic carbocycles. The summed E-state index contributed by atoms with van der Waals surface area (Å²) in [7, 11) is 1.04. The van der Waals surface area contributed by atoms with Crippen LogP contribution in [0.1, 0.15) is 67.2 Å². The number of methoxy groups -OCH3 is 1. The van der Waals surface area contributed by atoms with Gasteiger partial charge in [-0.15, -0.1) is 0 Å². The molecule has 17 heteroatoms. The number of carboxylic acids is 1. The van der Waals surface area contributed by atoms with E-state index in [4.69, 9.17) is 23.7 Å². The maximum atomic E-state index is 14.3. The molecule has 0 amide bonds. The van der Waals surface area contributed by atoms with Crippen LogP contribution >= 0.6 is 0 Å². The summed E-state index contributed by atoms with van der Waals surface area (Å²) in [6, 6.07) is 0. The molecule has 2 heterocycles. The second kappa shape index (κ2) is 14.6. The molecule has 13 atom stereocenters. The molecule has 4 aliphatic rings. The van der Waals surface area contributed by atoms with Gasteiger partial charge in [-0.2, -0.15) is 0 Å². The van der Waals surface area contributed by atoms with Crippen molar-refractivity contribution < 1.29 is 82.8 Å². The number of hydrogen-bond acceptors (Lipinski definition) is 16. The first kappa shape index (κ1) is 41.6. The predicted molar refractivity (Wildman–Crippen MR) is 175 cm³/mol. The van der Waals surface area contributed by atoms with E-state index in [0.29, 0.717) is 0 Å². The standard InChI is InChI=1S/C36H48O17/c1-9-15(2)28(43)32(47)52-29-26(30(44)45)27(16(3)36(48)21(39)11-19(35(29,36)7)18-10-24(41)51-31(18)46)34(6,20-12-25(42)53-33(20,5)14-37)22(50-17(4)38)13-23(40)49-8/h10,15,19-20,22,24,26-29,37,41,43,48H,3,9,11-14H2,1-2,4-8H3,(H,44,45)/t15?,19-,20?,22+,24?,26+,27?,28?,29-,33+,34+,35+,36+/m0/s1. The molecule has 0 spiro atoms. The Labute approximate surface area is 305 Å². The van der Waals surface area contributed by atoms with Crippen LogP contribution in [0.5, 0.6) is 0 Å². The molecule has 0 radical (unpaired) electrons. The predicted octanol–water partition coefficient (Wildman–Crippen LogP) is 0.135. The minimum Gasteiger partial charge on any atom is -0.481 e. The molecule has 0 aromatic heterocycles. The molecule has 5 unspecified atom stereocenters. The fourth-order valence-corrected chi connectivity index (χ4v) is 9.26. The Morgan fingerprint density at radius 1 is 1.15 bits per heavy atom. The zero-order valence-corrected chi connectivity index (χ0v) is 30.7. The topological polar surface area (TPSA) is 267 Å². The number of Topliss-reactive ketones (excluding diaryl/α,β-unsaturated/α-hetero) is 1. The van der Waals surface area contributed by atoms with E-state index in [1.165, 1.54) is 27.7 Å². The average Bonchev–Trinajstić information content (AvgIpc) is 3.67. The highest BCUT2D eigenvalue weighted by atomic mass is 16.6. The zero-order valence-electron chi connectivity index (χ0n) is 30.7. The first-order chi connectivity index (χ1) is 24.5. The number of aliphatic hydroxyl groups excluding tert-OH is 3. The molecule has 1 saturated heterocycles. The molecule has 2 saturated carbocycles. The van der Waals surface area contributed by atoms with E-state index in [-0.39, 0.29) is 12.0 Å². The quantitative estimate of drug-likeness (QED) is 0.0951. The minimum absolute atomic E-state index is 0.271. The van der Waals surface area contributed by atoms with Gasteiger partial charge in [-0.05, 0) is 24.5 Å². The van der Waals surface area contributed by atoms with Crippen LogP contribution in [0.25, 0.3) is 0 Å². The number of carbonyl (C=O) groups excluding carboxylic acids is 6. The first-order valence-electron chi connectivity index (χ1n) is 17.2. The van der Waals surface area contributed by atoms with Crippen LogP contribution < -0.4 is 0 Å². The summed E-state index contributed by atoms with van der Waals surface area (Å²) in [6.07, 6.45) is -8.19. The van der Waals surface area contributed by atoms with E-state index in [1.54, 1.807) is 6.92 Å². The van der Waals surface area contributed by atoms with Crippen LogP contribution in [0.4, 0.5) is 0 Å². The lowest BCUT2D eigenvalue weighted by atomic mass is 9.44. The van der Waals surface area contributed by atoms with Gasteiger partial charge in [0.05, 0.1) is 32.0 Å². The highest BCUT2D eigenvalue weighted by Gasteiger charge is 2.78. The van der Waals surface area contributed by atoms with E-state index in [2.05, 4.69) is 6.58 Å². The van der Waals surface area contributed by atoms with Crippen molar-refractivity contribution >= 4 is 41.6 Å². The maximum Gasteiger partial charge on any atom is 0.336 e. The van der Waals surface area contributed by atoms with Crippen LogP contribution in [0, 0.1) is 40.4 Å². The molecular formula is C36H48O17. The molecule has 0 aromatic rings. The number of ether oxygens (including phenoxy) is 5. The van der Waals surface area contributed by atoms with Crippen molar-refractivity contribution in [2.45, 2.75) is 103 Å². The molecule has 0 bridgehead atoms. The van der Waals surface area contributed by atoms with Gasteiger partial charge in [0.2, 0.25) is 6.29 Å². The van der Waals surface area contributed by atoms with E-state index < -0.39 is 149 Å². The monoisotopic (exact) mass is 752 g/mol. The van der Waals surface area contributed by atoms with Crippen LogP contribution in [0.2, 0.25) is 0 Å². The van der Waals surface area contributed by atoms with Gasteiger partial charge in [-0.25, -0.2) is 9.59 Å². The number of esters is 5. The van der Waals surface area contributed by atoms with Gasteiger partial charge in [0.15, 0.2) is 17.5 Å². The molecule has 294 valence electrons. The molecule has 4 rings (SSSR count). The third-order valence-corrected chi connectivity index (χ3v) is 12.3. The minimum atomic E-state index is -2.87. The van der Waals surface area contributed by atoms with Crippen molar-refractivity contribution in [2.75, 3.05) is 13.7 Å². The fourth-order valence-electron chi connectivity index (χ4n) is 9.26. The van der Waals surface area contributed by atoms with Crippen LogP contribution in [-0.4, -0.2) is 117 Å².